The molecule has 120 valence electrons. The van der Waals surface area contributed by atoms with E-state index < -0.39 is 0 Å². The lowest BCUT2D eigenvalue weighted by atomic mass is 10.2. The molecule has 0 bridgehead atoms. The van der Waals surface area contributed by atoms with Gasteiger partial charge in [0.15, 0.2) is 0 Å². The molecule has 1 heterocycles. The largest absolute Gasteiger partial charge is 0.354 e. The lowest BCUT2D eigenvalue weighted by Gasteiger charge is -2.08. The Bertz CT molecular complexity index is 845. The molecule has 5 heteroatoms. The number of rotatable bonds is 4. The first-order valence-electron chi connectivity index (χ1n) is 7.47. The number of halogens is 1. The average molecular weight is 338 g/mol. The zero-order chi connectivity index (χ0) is 16.9. The van der Waals surface area contributed by atoms with Crippen molar-refractivity contribution in [3.63, 3.8) is 0 Å². The number of pyridine rings is 1. The molecule has 0 aliphatic heterocycles. The van der Waals surface area contributed by atoms with Crippen molar-refractivity contribution in [1.82, 2.24) is 4.98 Å². The van der Waals surface area contributed by atoms with E-state index in [9.17, 15) is 4.79 Å². The fraction of sp³-hybridized carbons (Fsp3) is 0.0526. The molecule has 0 atom stereocenters. The highest BCUT2D eigenvalue weighted by Gasteiger charge is 2.07. The van der Waals surface area contributed by atoms with E-state index in [-0.39, 0.29) is 5.91 Å². The van der Waals surface area contributed by atoms with Gasteiger partial charge in [0.05, 0.1) is 11.9 Å². The molecule has 0 aliphatic carbocycles. The molecule has 0 radical (unpaired) electrons. The molecule has 2 N–H and O–H groups in total. The van der Waals surface area contributed by atoms with Crippen LogP contribution in [0.25, 0.3) is 0 Å². The van der Waals surface area contributed by atoms with Gasteiger partial charge < -0.3 is 10.6 Å². The van der Waals surface area contributed by atoms with Crippen LogP contribution in [0.4, 0.5) is 17.2 Å². The fourth-order valence-corrected chi connectivity index (χ4v) is 2.35. The number of anilines is 3. The monoisotopic (exact) mass is 337 g/mol. The summed E-state index contributed by atoms with van der Waals surface area (Å²) in [6.45, 7) is 2.04. The summed E-state index contributed by atoms with van der Waals surface area (Å²) in [6, 6.07) is 18.5. The van der Waals surface area contributed by atoms with Crippen molar-refractivity contribution in [2.75, 3.05) is 10.6 Å². The normalized spacial score (nSPS) is 10.2. The van der Waals surface area contributed by atoms with Crippen LogP contribution < -0.4 is 10.6 Å². The van der Waals surface area contributed by atoms with Crippen LogP contribution in [0, 0.1) is 6.92 Å². The molecule has 0 aliphatic rings. The van der Waals surface area contributed by atoms with Gasteiger partial charge in [0, 0.05) is 16.3 Å². The van der Waals surface area contributed by atoms with Crippen molar-refractivity contribution in [2.24, 2.45) is 0 Å². The summed E-state index contributed by atoms with van der Waals surface area (Å²) in [6.07, 6.45) is 1.67. The van der Waals surface area contributed by atoms with E-state index >= 15 is 0 Å². The highest BCUT2D eigenvalue weighted by molar-refractivity contribution is 6.31. The molecule has 0 spiro atoms. The summed E-state index contributed by atoms with van der Waals surface area (Å²) in [5.41, 5.74) is 3.53. The minimum atomic E-state index is -0.246. The van der Waals surface area contributed by atoms with E-state index in [2.05, 4.69) is 15.6 Å². The Morgan fingerprint density at radius 1 is 1.00 bits per heavy atom. The van der Waals surface area contributed by atoms with Crippen LogP contribution in [0.5, 0.6) is 0 Å². The molecule has 1 aromatic heterocycles. The van der Waals surface area contributed by atoms with Crippen molar-refractivity contribution in [1.29, 1.82) is 0 Å². The lowest BCUT2D eigenvalue weighted by molar-refractivity contribution is 0.102. The van der Waals surface area contributed by atoms with Crippen molar-refractivity contribution >= 4 is 34.7 Å². The van der Waals surface area contributed by atoms with Crippen molar-refractivity contribution in [2.45, 2.75) is 6.92 Å². The first-order valence-corrected chi connectivity index (χ1v) is 7.84. The van der Waals surface area contributed by atoms with Crippen LogP contribution in [0.2, 0.25) is 5.02 Å². The van der Waals surface area contributed by atoms with Crippen LogP contribution in [-0.4, -0.2) is 10.9 Å². The van der Waals surface area contributed by atoms with Crippen LogP contribution in [0.3, 0.4) is 0 Å². The van der Waals surface area contributed by atoms with Gasteiger partial charge in [0.25, 0.3) is 5.91 Å². The predicted molar refractivity (Wildman–Crippen MR) is 98.1 cm³/mol. The number of carbonyl (C=O) groups is 1. The van der Waals surface area contributed by atoms with Crippen LogP contribution in [0.1, 0.15) is 15.9 Å². The minimum Gasteiger partial charge on any atom is -0.354 e. The molecule has 4 nitrogen and oxygen atoms in total. The maximum atomic E-state index is 12.1. The van der Waals surface area contributed by atoms with E-state index in [0.29, 0.717) is 16.4 Å². The zero-order valence-electron chi connectivity index (χ0n) is 13.1. The highest BCUT2D eigenvalue weighted by Crippen LogP contribution is 2.18. The number of aromatic nitrogens is 1. The molecular weight excluding hydrogens is 322 g/mol. The van der Waals surface area contributed by atoms with Crippen LogP contribution >= 0.6 is 11.6 Å². The summed E-state index contributed by atoms with van der Waals surface area (Å²) in [5, 5.41) is 6.53. The van der Waals surface area contributed by atoms with Crippen LogP contribution in [-0.2, 0) is 0 Å². The summed E-state index contributed by atoms with van der Waals surface area (Å²) < 4.78 is 0. The average Bonchev–Trinajstić information content (AvgIpc) is 2.59. The van der Waals surface area contributed by atoms with E-state index in [1.165, 1.54) is 5.56 Å². The van der Waals surface area contributed by atoms with Crippen molar-refractivity contribution in [3.8, 4) is 0 Å². The molecule has 1 amide bonds. The highest BCUT2D eigenvalue weighted by atomic mass is 35.5. The number of nitrogens with one attached hydrogen (secondary N) is 2. The maximum absolute atomic E-state index is 12.1. The van der Waals surface area contributed by atoms with Gasteiger partial charge in [-0.05, 0) is 49.4 Å². The topological polar surface area (TPSA) is 54.0 Å². The Labute approximate surface area is 145 Å². The van der Waals surface area contributed by atoms with Gasteiger partial charge >= 0.3 is 0 Å². The van der Waals surface area contributed by atoms with Crippen molar-refractivity contribution < 1.29 is 4.79 Å². The third-order valence-corrected chi connectivity index (χ3v) is 3.67. The Balaban J connectivity index is 1.66. The number of nitrogens with zero attached hydrogens (tertiary/aromatic N) is 1. The molecule has 24 heavy (non-hydrogen) atoms. The Morgan fingerprint density at radius 3 is 2.42 bits per heavy atom. The predicted octanol–water partition coefficient (Wildman–Crippen LogP) is 5.04. The minimum absolute atomic E-state index is 0.246. The fourth-order valence-electron chi connectivity index (χ4n) is 2.16. The first-order chi connectivity index (χ1) is 11.6. The Hall–Kier alpha value is -2.85. The van der Waals surface area contributed by atoms with Gasteiger partial charge in [-0.1, -0.05) is 35.4 Å². The van der Waals surface area contributed by atoms with Gasteiger partial charge in [-0.25, -0.2) is 4.98 Å². The smallest absolute Gasteiger partial charge is 0.256 e. The number of hydrogen-bond acceptors (Lipinski definition) is 3. The second kappa shape index (κ2) is 7.15. The van der Waals surface area contributed by atoms with E-state index in [4.69, 9.17) is 11.6 Å². The maximum Gasteiger partial charge on any atom is 0.256 e. The molecule has 3 rings (SSSR count). The lowest BCUT2D eigenvalue weighted by Crippen LogP contribution is -2.12. The standard InChI is InChI=1S/C19H16ClN3O/c1-13-5-7-16(8-6-13)22-17-9-10-18(21-12-17)23-19(24)14-3-2-4-15(20)11-14/h2-12,22H,1H3,(H,21,23,24). The molecule has 0 saturated heterocycles. The third kappa shape index (κ3) is 4.12. The Kier molecular flexibility index (Phi) is 4.77. The van der Waals surface area contributed by atoms with E-state index in [0.717, 1.165) is 11.4 Å². The van der Waals surface area contributed by atoms with Gasteiger partial charge in [-0.15, -0.1) is 0 Å². The molecule has 0 fully saturated rings. The molecular formula is C19H16ClN3O. The first kappa shape index (κ1) is 16.0. The summed E-state index contributed by atoms with van der Waals surface area (Å²) in [5.74, 6) is 0.235. The number of hydrogen-bond donors (Lipinski definition) is 2. The molecule has 0 unspecified atom stereocenters. The summed E-state index contributed by atoms with van der Waals surface area (Å²) in [7, 11) is 0. The number of benzene rings is 2. The van der Waals surface area contributed by atoms with Gasteiger partial charge in [-0.2, -0.15) is 0 Å². The van der Waals surface area contributed by atoms with Gasteiger partial charge in [0.1, 0.15) is 5.82 Å². The number of amides is 1. The molecule has 0 saturated carbocycles. The van der Waals surface area contributed by atoms with Crippen molar-refractivity contribution in [3.05, 3.63) is 83.0 Å². The number of carbonyl (C=O) groups excluding carboxylic acids is 1. The van der Waals surface area contributed by atoms with Gasteiger partial charge in [0.2, 0.25) is 0 Å². The van der Waals surface area contributed by atoms with Gasteiger partial charge in [-0.3, -0.25) is 4.79 Å². The SMILES string of the molecule is Cc1ccc(Nc2ccc(NC(=O)c3cccc(Cl)c3)nc2)cc1. The Morgan fingerprint density at radius 2 is 1.75 bits per heavy atom. The molecule has 2 aromatic carbocycles. The van der Waals surface area contributed by atoms with Crippen LogP contribution in [0.15, 0.2) is 66.9 Å². The number of aryl methyl sites for hydroxylation is 1. The second-order valence-corrected chi connectivity index (χ2v) is 5.82. The summed E-state index contributed by atoms with van der Waals surface area (Å²) in [4.78, 5) is 16.4. The quantitative estimate of drug-likeness (QED) is 0.701. The van der Waals surface area contributed by atoms with E-state index in [1.54, 1.807) is 36.5 Å². The second-order valence-electron chi connectivity index (χ2n) is 5.39. The van der Waals surface area contributed by atoms with E-state index in [1.807, 2.05) is 37.3 Å². The summed E-state index contributed by atoms with van der Waals surface area (Å²) >= 11 is 5.90. The molecule has 3 aromatic rings. The zero-order valence-corrected chi connectivity index (χ0v) is 13.8. The third-order valence-electron chi connectivity index (χ3n) is 3.43.